The predicted molar refractivity (Wildman–Crippen MR) is 112 cm³/mol. The van der Waals surface area contributed by atoms with E-state index in [4.69, 9.17) is 21.1 Å². The molecule has 1 N–H and O–H groups in total. The molecule has 0 atom stereocenters. The van der Waals surface area contributed by atoms with E-state index in [2.05, 4.69) is 22.3 Å². The highest BCUT2D eigenvalue weighted by molar-refractivity contribution is 6.32. The number of rotatable bonds is 9. The quantitative estimate of drug-likeness (QED) is 0.511. The number of nitrogens with one attached hydrogen (secondary N) is 1. The SMILES string of the molecule is CCCCOc1c(Cl)cc(C(=O)Nc2cccnc2-n2cccn2)cc1OCC. The number of halogens is 1. The maximum atomic E-state index is 12.9. The van der Waals surface area contributed by atoms with Gasteiger partial charge in [0.1, 0.15) is 0 Å². The highest BCUT2D eigenvalue weighted by Crippen LogP contribution is 2.37. The Morgan fingerprint density at radius 3 is 2.79 bits per heavy atom. The molecule has 0 aliphatic heterocycles. The van der Waals surface area contributed by atoms with Gasteiger partial charge in [-0.05, 0) is 43.7 Å². The predicted octanol–water partition coefficient (Wildman–Crippen LogP) is 4.75. The molecule has 0 saturated carbocycles. The van der Waals surface area contributed by atoms with E-state index in [0.29, 0.717) is 46.8 Å². The van der Waals surface area contributed by atoms with Crippen LogP contribution in [0, 0.1) is 0 Å². The molecule has 7 nitrogen and oxygen atoms in total. The van der Waals surface area contributed by atoms with Crippen LogP contribution in [0.3, 0.4) is 0 Å². The minimum Gasteiger partial charge on any atom is -0.490 e. The van der Waals surface area contributed by atoms with Gasteiger partial charge in [0.05, 0.1) is 23.9 Å². The molecule has 1 amide bonds. The summed E-state index contributed by atoms with van der Waals surface area (Å²) in [5.41, 5.74) is 0.884. The lowest BCUT2D eigenvalue weighted by Gasteiger charge is -2.15. The van der Waals surface area contributed by atoms with Crippen LogP contribution in [0.2, 0.25) is 5.02 Å². The van der Waals surface area contributed by atoms with Crippen molar-refractivity contribution < 1.29 is 14.3 Å². The highest BCUT2D eigenvalue weighted by atomic mass is 35.5. The van der Waals surface area contributed by atoms with Crippen molar-refractivity contribution in [1.82, 2.24) is 14.8 Å². The Morgan fingerprint density at radius 1 is 1.21 bits per heavy atom. The summed E-state index contributed by atoms with van der Waals surface area (Å²) < 4.78 is 13.0. The standard InChI is InChI=1S/C21H23ClN4O3/c1-3-5-12-29-19-16(22)13-15(14-18(19)28-4-2)21(27)25-17-8-6-9-23-20(17)26-11-7-10-24-26/h6-11,13-14H,3-5,12H2,1-2H3,(H,25,27). The molecule has 0 bridgehead atoms. The van der Waals surface area contributed by atoms with E-state index < -0.39 is 0 Å². The first-order valence-electron chi connectivity index (χ1n) is 9.49. The number of carbonyl (C=O) groups is 1. The van der Waals surface area contributed by atoms with Crippen molar-refractivity contribution in [3.63, 3.8) is 0 Å². The molecule has 3 aromatic rings. The number of hydrogen-bond donors (Lipinski definition) is 1. The Balaban J connectivity index is 1.86. The van der Waals surface area contributed by atoms with Gasteiger partial charge in [0.2, 0.25) is 0 Å². The van der Waals surface area contributed by atoms with Gasteiger partial charge >= 0.3 is 0 Å². The van der Waals surface area contributed by atoms with Crippen LogP contribution in [0.25, 0.3) is 5.82 Å². The molecule has 0 aliphatic carbocycles. The fraction of sp³-hybridized carbons (Fsp3) is 0.286. The normalized spacial score (nSPS) is 10.6. The molecule has 0 aliphatic rings. The van der Waals surface area contributed by atoms with Crippen LogP contribution >= 0.6 is 11.6 Å². The van der Waals surface area contributed by atoms with Crippen LogP contribution in [0.4, 0.5) is 5.69 Å². The van der Waals surface area contributed by atoms with Crippen molar-refractivity contribution in [2.75, 3.05) is 18.5 Å². The van der Waals surface area contributed by atoms with E-state index in [-0.39, 0.29) is 5.91 Å². The van der Waals surface area contributed by atoms with E-state index in [1.165, 1.54) is 0 Å². The van der Waals surface area contributed by atoms with Gasteiger partial charge in [0, 0.05) is 24.2 Å². The smallest absolute Gasteiger partial charge is 0.255 e. The Hall–Kier alpha value is -3.06. The monoisotopic (exact) mass is 414 g/mol. The number of pyridine rings is 1. The van der Waals surface area contributed by atoms with Crippen molar-refractivity contribution in [3.05, 3.63) is 59.5 Å². The second-order valence-electron chi connectivity index (χ2n) is 6.20. The van der Waals surface area contributed by atoms with Crippen LogP contribution in [0.5, 0.6) is 11.5 Å². The summed E-state index contributed by atoms with van der Waals surface area (Å²) in [5.74, 6) is 1.08. The molecule has 0 fully saturated rings. The highest BCUT2D eigenvalue weighted by Gasteiger charge is 2.18. The first-order valence-corrected chi connectivity index (χ1v) is 9.87. The number of hydrogen-bond acceptors (Lipinski definition) is 5. The van der Waals surface area contributed by atoms with Crippen LogP contribution in [-0.4, -0.2) is 33.9 Å². The zero-order valence-electron chi connectivity index (χ0n) is 16.4. The van der Waals surface area contributed by atoms with Crippen LogP contribution in [0.15, 0.2) is 48.9 Å². The fourth-order valence-corrected chi connectivity index (χ4v) is 2.95. The molecule has 152 valence electrons. The van der Waals surface area contributed by atoms with Crippen molar-refractivity contribution in [1.29, 1.82) is 0 Å². The summed E-state index contributed by atoms with van der Waals surface area (Å²) in [6.07, 6.45) is 6.95. The average molecular weight is 415 g/mol. The topological polar surface area (TPSA) is 78.3 Å². The van der Waals surface area contributed by atoms with E-state index in [1.807, 2.05) is 6.92 Å². The van der Waals surface area contributed by atoms with Crippen molar-refractivity contribution in [3.8, 4) is 17.3 Å². The third-order valence-electron chi connectivity index (χ3n) is 4.07. The van der Waals surface area contributed by atoms with Crippen molar-refractivity contribution >= 4 is 23.2 Å². The molecule has 0 saturated heterocycles. The number of nitrogens with zero attached hydrogens (tertiary/aromatic N) is 3. The Morgan fingerprint density at radius 2 is 2.07 bits per heavy atom. The summed E-state index contributed by atoms with van der Waals surface area (Å²) in [6, 6.07) is 8.49. The third-order valence-corrected chi connectivity index (χ3v) is 4.35. The largest absolute Gasteiger partial charge is 0.490 e. The molecule has 3 rings (SSSR count). The van der Waals surface area contributed by atoms with Gasteiger partial charge in [0.25, 0.3) is 5.91 Å². The number of benzene rings is 1. The van der Waals surface area contributed by atoms with Crippen LogP contribution in [-0.2, 0) is 0 Å². The van der Waals surface area contributed by atoms with E-state index in [1.54, 1.807) is 53.6 Å². The minimum absolute atomic E-state index is 0.329. The van der Waals surface area contributed by atoms with Gasteiger partial charge in [0.15, 0.2) is 17.3 Å². The maximum absolute atomic E-state index is 12.9. The zero-order chi connectivity index (χ0) is 20.6. The second kappa shape index (κ2) is 9.93. The molecule has 8 heteroatoms. The summed E-state index contributed by atoms with van der Waals surface area (Å²) in [4.78, 5) is 17.2. The minimum atomic E-state index is -0.339. The van der Waals surface area contributed by atoms with Gasteiger partial charge in [-0.3, -0.25) is 4.79 Å². The Labute approximate surface area is 174 Å². The van der Waals surface area contributed by atoms with Gasteiger partial charge in [-0.25, -0.2) is 9.67 Å². The summed E-state index contributed by atoms with van der Waals surface area (Å²) in [5, 5.41) is 7.37. The molecule has 2 aromatic heterocycles. The lowest BCUT2D eigenvalue weighted by molar-refractivity contribution is 0.102. The molecule has 0 radical (unpaired) electrons. The molecular weight excluding hydrogens is 392 g/mol. The number of aromatic nitrogens is 3. The maximum Gasteiger partial charge on any atom is 0.255 e. The van der Waals surface area contributed by atoms with E-state index in [0.717, 1.165) is 12.8 Å². The summed E-state index contributed by atoms with van der Waals surface area (Å²) in [6.45, 7) is 4.91. The van der Waals surface area contributed by atoms with Gasteiger partial charge in [-0.15, -0.1) is 0 Å². The van der Waals surface area contributed by atoms with Crippen LogP contribution in [0.1, 0.15) is 37.0 Å². The van der Waals surface area contributed by atoms with Gasteiger partial charge < -0.3 is 14.8 Å². The average Bonchev–Trinajstić information content (AvgIpc) is 3.25. The summed E-state index contributed by atoms with van der Waals surface area (Å²) >= 11 is 6.40. The van der Waals surface area contributed by atoms with Gasteiger partial charge in [-0.2, -0.15) is 5.10 Å². The lowest BCUT2D eigenvalue weighted by Crippen LogP contribution is -2.15. The molecular formula is C21H23ClN4O3. The molecule has 0 spiro atoms. The van der Waals surface area contributed by atoms with E-state index >= 15 is 0 Å². The number of ether oxygens (including phenoxy) is 2. The molecule has 29 heavy (non-hydrogen) atoms. The third kappa shape index (κ3) is 5.06. The molecule has 0 unspecified atom stereocenters. The lowest BCUT2D eigenvalue weighted by atomic mass is 10.1. The number of unbranched alkanes of at least 4 members (excludes halogenated alkanes) is 1. The number of carbonyl (C=O) groups excluding carboxylic acids is 1. The van der Waals surface area contributed by atoms with Crippen LogP contribution < -0.4 is 14.8 Å². The van der Waals surface area contributed by atoms with E-state index in [9.17, 15) is 4.79 Å². The first-order chi connectivity index (χ1) is 14.1. The molecule has 2 heterocycles. The molecule has 1 aromatic carbocycles. The fourth-order valence-electron chi connectivity index (χ4n) is 2.69. The summed E-state index contributed by atoms with van der Waals surface area (Å²) in [7, 11) is 0. The van der Waals surface area contributed by atoms with Crippen molar-refractivity contribution in [2.45, 2.75) is 26.7 Å². The Kier molecular flexibility index (Phi) is 7.08. The number of anilines is 1. The number of amides is 1. The second-order valence-corrected chi connectivity index (χ2v) is 6.61. The Bertz CT molecular complexity index is 961. The zero-order valence-corrected chi connectivity index (χ0v) is 17.1. The van der Waals surface area contributed by atoms with Crippen molar-refractivity contribution in [2.24, 2.45) is 0 Å². The first kappa shape index (κ1) is 20.7. The van der Waals surface area contributed by atoms with Gasteiger partial charge in [-0.1, -0.05) is 24.9 Å².